The number of rotatable bonds is 14. The molecule has 0 saturated carbocycles. The zero-order chi connectivity index (χ0) is 30.1. The molecule has 10 nitrogen and oxygen atoms in total. The second kappa shape index (κ2) is 14.5. The Morgan fingerprint density at radius 1 is 1.02 bits per heavy atom. The maximum atomic E-state index is 13.8. The molecule has 0 aliphatic heterocycles. The number of hydrogen-bond donors (Lipinski definition) is 1. The SMILES string of the molecule is CCOc1ccc(CN(CCc2c[nH]c3ccccc23)C(=O)CN(CCOC)C(=O)c2ccc([N+](=O)[O-])cc2Cl)cc1. The van der Waals surface area contributed by atoms with Crippen LogP contribution in [-0.2, 0) is 22.5 Å². The van der Waals surface area contributed by atoms with Gasteiger partial charge in [-0.1, -0.05) is 41.9 Å². The summed E-state index contributed by atoms with van der Waals surface area (Å²) in [6.45, 7) is 3.32. The molecule has 0 saturated heterocycles. The number of benzene rings is 3. The normalized spacial score (nSPS) is 10.9. The van der Waals surface area contributed by atoms with Crippen molar-refractivity contribution in [2.24, 2.45) is 0 Å². The molecule has 0 bridgehead atoms. The topological polar surface area (TPSA) is 118 Å². The summed E-state index contributed by atoms with van der Waals surface area (Å²) in [7, 11) is 1.50. The molecule has 220 valence electrons. The van der Waals surface area contributed by atoms with Crippen molar-refractivity contribution in [2.75, 3.05) is 40.0 Å². The van der Waals surface area contributed by atoms with Gasteiger partial charge in [-0.3, -0.25) is 19.7 Å². The van der Waals surface area contributed by atoms with E-state index in [4.69, 9.17) is 21.1 Å². The van der Waals surface area contributed by atoms with Crippen LogP contribution in [0.4, 0.5) is 5.69 Å². The lowest BCUT2D eigenvalue weighted by atomic mass is 10.1. The highest BCUT2D eigenvalue weighted by Crippen LogP contribution is 2.24. The molecule has 11 heteroatoms. The fraction of sp³-hybridized carbons (Fsp3) is 0.290. The van der Waals surface area contributed by atoms with Crippen LogP contribution in [0.5, 0.6) is 5.75 Å². The molecule has 0 aliphatic rings. The van der Waals surface area contributed by atoms with Crippen LogP contribution in [-0.4, -0.2) is 71.5 Å². The Morgan fingerprint density at radius 3 is 2.48 bits per heavy atom. The third-order valence-corrected chi connectivity index (χ3v) is 7.17. The summed E-state index contributed by atoms with van der Waals surface area (Å²) in [6, 6.07) is 19.2. The van der Waals surface area contributed by atoms with Crippen LogP contribution in [0.2, 0.25) is 5.02 Å². The van der Waals surface area contributed by atoms with Gasteiger partial charge >= 0.3 is 0 Å². The van der Waals surface area contributed by atoms with Gasteiger partial charge in [0.05, 0.1) is 28.7 Å². The van der Waals surface area contributed by atoms with Crippen LogP contribution in [0.25, 0.3) is 10.9 Å². The maximum Gasteiger partial charge on any atom is 0.270 e. The fourth-order valence-corrected chi connectivity index (χ4v) is 4.90. The van der Waals surface area contributed by atoms with Crippen LogP contribution in [0.3, 0.4) is 0 Å². The molecular formula is C31H33ClN4O6. The van der Waals surface area contributed by atoms with Gasteiger partial charge in [-0.25, -0.2) is 0 Å². The number of nitrogens with zero attached hydrogens (tertiary/aromatic N) is 3. The lowest BCUT2D eigenvalue weighted by molar-refractivity contribution is -0.384. The highest BCUT2D eigenvalue weighted by Gasteiger charge is 2.25. The van der Waals surface area contributed by atoms with Gasteiger partial charge < -0.3 is 24.3 Å². The monoisotopic (exact) mass is 592 g/mol. The number of ether oxygens (including phenoxy) is 2. The first-order chi connectivity index (χ1) is 20.3. The van der Waals surface area contributed by atoms with Gasteiger partial charge in [0.15, 0.2) is 0 Å². The second-order valence-corrected chi connectivity index (χ2v) is 10.0. The van der Waals surface area contributed by atoms with E-state index in [1.807, 2.05) is 61.7 Å². The number of amides is 2. The third-order valence-electron chi connectivity index (χ3n) is 6.86. The first-order valence-electron chi connectivity index (χ1n) is 13.6. The molecule has 0 radical (unpaired) electrons. The lowest BCUT2D eigenvalue weighted by Gasteiger charge is -2.28. The van der Waals surface area contributed by atoms with Crippen molar-refractivity contribution in [2.45, 2.75) is 19.9 Å². The van der Waals surface area contributed by atoms with Gasteiger partial charge in [0.25, 0.3) is 11.6 Å². The third kappa shape index (κ3) is 7.65. The van der Waals surface area contributed by atoms with Crippen LogP contribution < -0.4 is 4.74 Å². The number of nitrogens with one attached hydrogen (secondary N) is 1. The molecule has 3 aromatic carbocycles. The Balaban J connectivity index is 1.56. The van der Waals surface area contributed by atoms with Crippen molar-refractivity contribution in [3.05, 3.63) is 105 Å². The number of nitro benzene ring substituents is 1. The minimum absolute atomic E-state index is 0.0605. The molecule has 0 fully saturated rings. The number of aromatic nitrogens is 1. The van der Waals surface area contributed by atoms with Crippen LogP contribution in [0.1, 0.15) is 28.4 Å². The molecule has 4 aromatic rings. The minimum atomic E-state index is -0.584. The van der Waals surface area contributed by atoms with E-state index in [0.29, 0.717) is 26.1 Å². The Bertz CT molecular complexity index is 1540. The van der Waals surface area contributed by atoms with E-state index >= 15 is 0 Å². The number of carbonyl (C=O) groups is 2. The summed E-state index contributed by atoms with van der Waals surface area (Å²) in [5, 5.41) is 12.2. The molecular weight excluding hydrogens is 560 g/mol. The zero-order valence-corrected chi connectivity index (χ0v) is 24.3. The smallest absolute Gasteiger partial charge is 0.270 e. The molecule has 0 spiro atoms. The first kappa shape index (κ1) is 30.5. The number of methoxy groups -OCH3 is 1. The predicted molar refractivity (Wildman–Crippen MR) is 161 cm³/mol. The van der Waals surface area contributed by atoms with Gasteiger partial charge in [0, 0.05) is 56.0 Å². The molecule has 42 heavy (non-hydrogen) atoms. The summed E-state index contributed by atoms with van der Waals surface area (Å²) in [5.74, 6) is -0.0293. The first-order valence-corrected chi connectivity index (χ1v) is 13.9. The van der Waals surface area contributed by atoms with Crippen molar-refractivity contribution < 1.29 is 24.0 Å². The number of nitro groups is 1. The quantitative estimate of drug-likeness (QED) is 0.153. The zero-order valence-electron chi connectivity index (χ0n) is 23.5. The van der Waals surface area contributed by atoms with Gasteiger partial charge in [-0.05, 0) is 48.7 Å². The Morgan fingerprint density at radius 2 is 1.79 bits per heavy atom. The van der Waals surface area contributed by atoms with Crippen molar-refractivity contribution in [1.82, 2.24) is 14.8 Å². The maximum absolute atomic E-state index is 13.8. The van der Waals surface area contributed by atoms with Gasteiger partial charge in [-0.15, -0.1) is 0 Å². The van der Waals surface area contributed by atoms with Crippen LogP contribution in [0.15, 0.2) is 72.9 Å². The van der Waals surface area contributed by atoms with E-state index in [2.05, 4.69) is 4.98 Å². The summed E-state index contributed by atoms with van der Waals surface area (Å²) in [4.78, 5) is 44.2. The molecule has 0 aliphatic carbocycles. The molecule has 1 aromatic heterocycles. The number of non-ortho nitro benzene ring substituents is 1. The van der Waals surface area contributed by atoms with Gasteiger partial charge in [-0.2, -0.15) is 0 Å². The van der Waals surface area contributed by atoms with Crippen LogP contribution in [0, 0.1) is 10.1 Å². The molecule has 0 unspecified atom stereocenters. The van der Waals surface area contributed by atoms with E-state index in [0.717, 1.165) is 33.8 Å². The van der Waals surface area contributed by atoms with Crippen LogP contribution >= 0.6 is 11.6 Å². The van der Waals surface area contributed by atoms with E-state index in [1.54, 1.807) is 4.90 Å². The van der Waals surface area contributed by atoms with Gasteiger partial charge in [0.2, 0.25) is 5.91 Å². The van der Waals surface area contributed by atoms with E-state index in [1.165, 1.54) is 24.1 Å². The van der Waals surface area contributed by atoms with Crippen molar-refractivity contribution in [3.63, 3.8) is 0 Å². The highest BCUT2D eigenvalue weighted by molar-refractivity contribution is 6.34. The summed E-state index contributed by atoms with van der Waals surface area (Å²) < 4.78 is 10.7. The number of para-hydroxylation sites is 1. The molecule has 1 heterocycles. The number of fused-ring (bicyclic) bond motifs is 1. The highest BCUT2D eigenvalue weighted by atomic mass is 35.5. The van der Waals surface area contributed by atoms with E-state index < -0.39 is 10.8 Å². The number of aromatic amines is 1. The van der Waals surface area contributed by atoms with Gasteiger partial charge in [0.1, 0.15) is 12.3 Å². The summed E-state index contributed by atoms with van der Waals surface area (Å²) in [6.07, 6.45) is 2.56. The standard InChI is InChI=1S/C31H33ClN4O6/c1-3-42-25-11-8-22(9-12-25)20-34(15-14-23-19-33-29-7-5-4-6-26(23)29)30(37)21-35(16-17-41-2)31(38)27-13-10-24(36(39)40)18-28(27)32/h4-13,18-19,33H,3,14-17,20-21H2,1-2H3. The average molecular weight is 593 g/mol. The molecule has 4 rings (SSSR count). The lowest BCUT2D eigenvalue weighted by Crippen LogP contribution is -2.44. The summed E-state index contributed by atoms with van der Waals surface area (Å²) in [5.41, 5.74) is 2.87. The number of hydrogen-bond acceptors (Lipinski definition) is 6. The minimum Gasteiger partial charge on any atom is -0.494 e. The molecule has 1 N–H and O–H groups in total. The van der Waals surface area contributed by atoms with E-state index in [-0.39, 0.29) is 41.9 Å². The number of halogens is 1. The molecule has 0 atom stereocenters. The summed E-state index contributed by atoms with van der Waals surface area (Å²) >= 11 is 6.25. The van der Waals surface area contributed by atoms with Crippen molar-refractivity contribution in [3.8, 4) is 5.75 Å². The average Bonchev–Trinajstić information content (AvgIpc) is 3.41. The van der Waals surface area contributed by atoms with Crippen molar-refractivity contribution in [1.29, 1.82) is 0 Å². The Labute approximate surface area is 248 Å². The fourth-order valence-electron chi connectivity index (χ4n) is 4.64. The predicted octanol–water partition coefficient (Wildman–Crippen LogP) is 5.49. The van der Waals surface area contributed by atoms with E-state index in [9.17, 15) is 19.7 Å². The largest absolute Gasteiger partial charge is 0.494 e. The second-order valence-electron chi connectivity index (χ2n) is 9.64. The molecule has 2 amide bonds. The Hall–Kier alpha value is -4.41. The number of H-pyrrole nitrogens is 1. The number of carbonyl (C=O) groups excluding carboxylic acids is 2. The Kier molecular flexibility index (Phi) is 10.5. The van der Waals surface area contributed by atoms with Crippen molar-refractivity contribution >= 4 is 40.0 Å².